The molecule has 0 aromatic carbocycles. The lowest BCUT2D eigenvalue weighted by molar-refractivity contribution is 0.0659. The molecule has 8 heteroatoms. The lowest BCUT2D eigenvalue weighted by Gasteiger charge is -2.15. The number of halogens is 1. The largest absolute Gasteiger partial charge is 0.461 e. The van der Waals surface area contributed by atoms with Gasteiger partial charge in [-0.3, -0.25) is 4.98 Å². The van der Waals surface area contributed by atoms with Gasteiger partial charge >= 0.3 is 6.01 Å². The molecule has 0 radical (unpaired) electrons. The lowest BCUT2D eigenvalue weighted by atomic mass is 10.3. The summed E-state index contributed by atoms with van der Waals surface area (Å²) in [6.45, 7) is 12.0. The Morgan fingerprint density at radius 1 is 1.25 bits per heavy atom. The third kappa shape index (κ3) is 5.99. The van der Waals surface area contributed by atoms with Gasteiger partial charge in [-0.15, -0.1) is 5.10 Å². The van der Waals surface area contributed by atoms with Gasteiger partial charge in [0.05, 0.1) is 6.10 Å². The lowest BCUT2D eigenvalue weighted by Crippen LogP contribution is -2.22. The van der Waals surface area contributed by atoms with Crippen LogP contribution in [0.25, 0.3) is 11.5 Å². The van der Waals surface area contributed by atoms with Crippen LogP contribution in [0, 0.1) is 0 Å². The molecule has 24 heavy (non-hydrogen) atoms. The maximum Gasteiger partial charge on any atom is 0.317 e. The highest BCUT2D eigenvalue weighted by Crippen LogP contribution is 2.20. The van der Waals surface area contributed by atoms with Gasteiger partial charge in [-0.25, -0.2) is 0 Å². The minimum Gasteiger partial charge on any atom is -0.461 e. The van der Waals surface area contributed by atoms with E-state index in [0.717, 1.165) is 17.1 Å². The minimum atomic E-state index is -1.10. The van der Waals surface area contributed by atoms with E-state index in [0.29, 0.717) is 24.3 Å². The maximum absolute atomic E-state index is 5.77. The van der Waals surface area contributed by atoms with E-state index in [1.165, 1.54) is 0 Å². The van der Waals surface area contributed by atoms with Crippen LogP contribution in [0.2, 0.25) is 25.7 Å². The molecule has 0 amide bonds. The Labute approximate surface area is 152 Å². The molecule has 0 aliphatic carbocycles. The zero-order chi connectivity index (χ0) is 17.7. The SMILES string of the molecule is CC(C)Oc1nc(-c2ccc(Br)cn2)nn1COCC[Si](C)(C)C. The van der Waals surface area contributed by atoms with Crippen molar-refractivity contribution in [2.45, 2.75) is 52.4 Å². The van der Waals surface area contributed by atoms with Crippen LogP contribution in [0.15, 0.2) is 22.8 Å². The van der Waals surface area contributed by atoms with Crippen LogP contribution in [-0.2, 0) is 11.5 Å². The summed E-state index contributed by atoms with van der Waals surface area (Å²) in [5.41, 5.74) is 0.702. The predicted octanol–water partition coefficient (Wildman–Crippen LogP) is 4.20. The van der Waals surface area contributed by atoms with Gasteiger partial charge < -0.3 is 9.47 Å². The summed E-state index contributed by atoms with van der Waals surface area (Å²) in [5.74, 6) is 0.534. The maximum atomic E-state index is 5.77. The highest BCUT2D eigenvalue weighted by molar-refractivity contribution is 9.10. The summed E-state index contributed by atoms with van der Waals surface area (Å²) in [6, 6.07) is 5.35. The van der Waals surface area contributed by atoms with Crippen LogP contribution in [0.3, 0.4) is 0 Å². The molecule has 0 spiro atoms. The van der Waals surface area contributed by atoms with E-state index < -0.39 is 8.07 Å². The zero-order valence-corrected chi connectivity index (χ0v) is 17.5. The predicted molar refractivity (Wildman–Crippen MR) is 101 cm³/mol. The fraction of sp³-hybridized carbons (Fsp3) is 0.562. The molecule has 132 valence electrons. The fourth-order valence-corrected chi connectivity index (χ4v) is 2.85. The fourth-order valence-electron chi connectivity index (χ4n) is 1.86. The molecule has 6 nitrogen and oxygen atoms in total. The normalized spacial score (nSPS) is 12.0. The molecule has 0 saturated carbocycles. The highest BCUT2D eigenvalue weighted by Gasteiger charge is 2.16. The first-order valence-corrected chi connectivity index (χ1v) is 12.6. The topological polar surface area (TPSA) is 62.1 Å². The Bertz CT molecular complexity index is 653. The molecule has 2 rings (SSSR count). The number of hydrogen-bond acceptors (Lipinski definition) is 5. The quantitative estimate of drug-likeness (QED) is 0.480. The van der Waals surface area contributed by atoms with Crippen LogP contribution in [0.1, 0.15) is 13.8 Å². The first kappa shape index (κ1) is 19.1. The average Bonchev–Trinajstić information content (AvgIpc) is 2.85. The molecule has 0 aliphatic heterocycles. The molecule has 0 aliphatic rings. The Hall–Kier alpha value is -1.25. The van der Waals surface area contributed by atoms with Crippen molar-refractivity contribution in [3.8, 4) is 17.5 Å². The Morgan fingerprint density at radius 2 is 2.00 bits per heavy atom. The second-order valence-electron chi connectivity index (χ2n) is 7.09. The van der Waals surface area contributed by atoms with Crippen LogP contribution >= 0.6 is 15.9 Å². The van der Waals surface area contributed by atoms with Gasteiger partial charge in [0.1, 0.15) is 12.4 Å². The van der Waals surface area contributed by atoms with Gasteiger partial charge in [-0.2, -0.15) is 9.67 Å². The molecule has 0 saturated heterocycles. The molecule has 0 atom stereocenters. The van der Waals surface area contributed by atoms with Crippen molar-refractivity contribution in [2.75, 3.05) is 6.61 Å². The Balaban J connectivity index is 2.11. The van der Waals surface area contributed by atoms with Crippen molar-refractivity contribution in [1.29, 1.82) is 0 Å². The number of ether oxygens (including phenoxy) is 2. The van der Waals surface area contributed by atoms with E-state index in [2.05, 4.69) is 50.6 Å². The first-order chi connectivity index (χ1) is 11.2. The smallest absolute Gasteiger partial charge is 0.317 e. The number of aromatic nitrogens is 4. The Morgan fingerprint density at radius 3 is 2.58 bits per heavy atom. The molecule has 2 aromatic rings. The number of hydrogen-bond donors (Lipinski definition) is 0. The molecular weight excluding hydrogens is 388 g/mol. The molecule has 0 fully saturated rings. The Kier molecular flexibility index (Phi) is 6.53. The van der Waals surface area contributed by atoms with Gasteiger partial charge in [0.2, 0.25) is 5.82 Å². The van der Waals surface area contributed by atoms with Crippen LogP contribution in [0.5, 0.6) is 6.01 Å². The summed E-state index contributed by atoms with van der Waals surface area (Å²) in [4.78, 5) is 8.79. The van der Waals surface area contributed by atoms with Crippen LogP contribution in [-0.4, -0.2) is 40.5 Å². The highest BCUT2D eigenvalue weighted by atomic mass is 79.9. The third-order valence-electron chi connectivity index (χ3n) is 3.15. The number of nitrogens with zero attached hydrogens (tertiary/aromatic N) is 4. The van der Waals surface area contributed by atoms with Crippen molar-refractivity contribution >= 4 is 24.0 Å². The minimum absolute atomic E-state index is 0.0145. The van der Waals surface area contributed by atoms with Crippen molar-refractivity contribution < 1.29 is 9.47 Å². The van der Waals surface area contributed by atoms with Gasteiger partial charge in [0, 0.05) is 25.4 Å². The molecule has 2 heterocycles. The van der Waals surface area contributed by atoms with Crippen molar-refractivity contribution in [3.63, 3.8) is 0 Å². The number of rotatable bonds is 8. The summed E-state index contributed by atoms with van der Waals surface area (Å²) >= 11 is 3.38. The summed E-state index contributed by atoms with van der Waals surface area (Å²) < 4.78 is 14.1. The van der Waals surface area contributed by atoms with E-state index in [1.54, 1.807) is 10.9 Å². The van der Waals surface area contributed by atoms with Gasteiger partial charge in [-0.1, -0.05) is 19.6 Å². The van der Waals surface area contributed by atoms with Crippen molar-refractivity contribution in [1.82, 2.24) is 19.7 Å². The molecule has 0 unspecified atom stereocenters. The summed E-state index contributed by atoms with van der Waals surface area (Å²) in [7, 11) is -1.10. The molecule has 2 aromatic heterocycles. The van der Waals surface area contributed by atoms with Gasteiger partial charge in [-0.05, 0) is 48.0 Å². The van der Waals surface area contributed by atoms with Crippen molar-refractivity contribution in [2.24, 2.45) is 0 Å². The van der Waals surface area contributed by atoms with E-state index >= 15 is 0 Å². The van der Waals surface area contributed by atoms with E-state index in [-0.39, 0.29) is 6.10 Å². The molecule has 0 N–H and O–H groups in total. The standard InChI is InChI=1S/C16H25BrN4O2Si/c1-12(2)23-16-19-15(14-7-6-13(17)10-18-14)20-21(16)11-22-8-9-24(3,4)5/h6-7,10,12H,8-9,11H2,1-5H3. The van der Waals surface area contributed by atoms with Gasteiger partial charge in [0.15, 0.2) is 0 Å². The second kappa shape index (κ2) is 8.22. The first-order valence-electron chi connectivity index (χ1n) is 8.06. The molecular formula is C16H25BrN4O2Si. The summed E-state index contributed by atoms with van der Waals surface area (Å²) in [6.07, 6.45) is 1.74. The van der Waals surface area contributed by atoms with E-state index in [9.17, 15) is 0 Å². The average molecular weight is 413 g/mol. The van der Waals surface area contributed by atoms with E-state index in [4.69, 9.17) is 9.47 Å². The van der Waals surface area contributed by atoms with Crippen molar-refractivity contribution in [3.05, 3.63) is 22.8 Å². The monoisotopic (exact) mass is 412 g/mol. The summed E-state index contributed by atoms with van der Waals surface area (Å²) in [5, 5.41) is 4.49. The number of pyridine rings is 1. The van der Waals surface area contributed by atoms with Crippen LogP contribution in [0.4, 0.5) is 0 Å². The van der Waals surface area contributed by atoms with Gasteiger partial charge in [0.25, 0.3) is 0 Å². The zero-order valence-electron chi connectivity index (χ0n) is 14.9. The second-order valence-corrected chi connectivity index (χ2v) is 13.6. The van der Waals surface area contributed by atoms with E-state index in [1.807, 2.05) is 26.0 Å². The molecule has 0 bridgehead atoms. The van der Waals surface area contributed by atoms with Crippen LogP contribution < -0.4 is 4.74 Å². The third-order valence-corrected chi connectivity index (χ3v) is 5.32.